The molecule has 4 nitrogen and oxygen atoms in total. The topological polar surface area (TPSA) is 38.8 Å². The lowest BCUT2D eigenvalue weighted by Crippen LogP contribution is -2.64. The lowest BCUT2D eigenvalue weighted by atomic mass is 9.47. The number of carbonyl (C=O) groups excluding carboxylic acids is 1. The van der Waals surface area contributed by atoms with E-state index in [-0.39, 0.29) is 11.0 Å². The Kier molecular flexibility index (Phi) is 4.87. The first kappa shape index (κ1) is 24.4. The summed E-state index contributed by atoms with van der Waals surface area (Å²) in [6, 6.07) is 9.25. The first-order valence-corrected chi connectivity index (χ1v) is 16.4. The Morgan fingerprint density at radius 2 is 1.92 bits per heavy atom. The van der Waals surface area contributed by atoms with Gasteiger partial charge in [0.2, 0.25) is 0 Å². The van der Waals surface area contributed by atoms with Gasteiger partial charge in [0.25, 0.3) is 0 Å². The van der Waals surface area contributed by atoms with Crippen molar-refractivity contribution in [2.24, 2.45) is 45.8 Å². The summed E-state index contributed by atoms with van der Waals surface area (Å²) < 4.78 is 12.8. The summed E-state index contributed by atoms with van der Waals surface area (Å²) in [4.78, 5) is 15.1. The number of nitrogens with zero attached hydrogens (tertiary/aromatic N) is 1. The van der Waals surface area contributed by atoms with Crippen molar-refractivity contribution < 1.29 is 14.1 Å². The molecule has 0 radical (unpaired) electrons. The predicted octanol–water partition coefficient (Wildman–Crippen LogP) is 6.74. The normalized spacial score (nSPS) is 52.6. The zero-order chi connectivity index (χ0) is 26.4. The van der Waals surface area contributed by atoms with Crippen LogP contribution in [0.2, 0.25) is 0 Å². The van der Waals surface area contributed by atoms with Gasteiger partial charge in [-0.1, -0.05) is 31.6 Å². The molecule has 5 heteroatoms. The van der Waals surface area contributed by atoms with Crippen molar-refractivity contribution in [3.63, 3.8) is 0 Å². The van der Waals surface area contributed by atoms with Crippen LogP contribution in [0.25, 0.3) is 0 Å². The van der Waals surface area contributed by atoms with Gasteiger partial charge in [0.15, 0.2) is 5.78 Å². The van der Waals surface area contributed by atoms with Crippen molar-refractivity contribution >= 4 is 15.2 Å². The number of benzene rings is 1. The van der Waals surface area contributed by atoms with Crippen molar-refractivity contribution in [1.82, 2.24) is 4.90 Å². The fourth-order valence-corrected chi connectivity index (χ4v) is 13.0. The maximum Gasteiger partial charge on any atom is 0.155 e. The van der Waals surface area contributed by atoms with E-state index in [0.717, 1.165) is 42.9 Å². The Hall–Kier alpha value is -1.22. The summed E-state index contributed by atoms with van der Waals surface area (Å²) >= 11 is 0. The van der Waals surface area contributed by atoms with Gasteiger partial charge in [0.05, 0.1) is 21.2 Å². The Balaban J connectivity index is 1.01. The van der Waals surface area contributed by atoms with Crippen LogP contribution in [0.1, 0.15) is 83.6 Å². The maximum absolute atomic E-state index is 12.3. The van der Waals surface area contributed by atoms with Gasteiger partial charge >= 0.3 is 0 Å². The second kappa shape index (κ2) is 7.78. The van der Waals surface area contributed by atoms with Gasteiger partial charge in [-0.2, -0.15) is 0 Å². The smallest absolute Gasteiger partial charge is 0.155 e. The number of fused-ring (bicyclic) bond motifs is 6. The Morgan fingerprint density at radius 3 is 2.74 bits per heavy atom. The van der Waals surface area contributed by atoms with Gasteiger partial charge in [-0.25, -0.2) is 0 Å². The van der Waals surface area contributed by atoms with Crippen LogP contribution in [0, 0.1) is 45.8 Å². The van der Waals surface area contributed by atoms with Crippen LogP contribution in [0.4, 0.5) is 0 Å². The second-order valence-electron chi connectivity index (χ2n) is 15.5. The third-order valence-electron chi connectivity index (χ3n) is 14.3. The SMILES string of the molecule is C[C@H]1C[C@H]2O[C@@]34CC[C@H]5C6CCC7=CC(=O)CCC7(C)[C@H]6CC56CC63C[C@@H]4[C@@H]2N(Cc2ccc(OP)cc2)C1. The van der Waals surface area contributed by atoms with Crippen LogP contribution in [0.5, 0.6) is 5.75 Å². The number of piperidine rings is 1. The van der Waals surface area contributed by atoms with E-state index >= 15 is 0 Å². The molecule has 5 unspecified atom stereocenters. The average Bonchev–Trinajstić information content (AvgIpc) is 3.40. The molecule has 6 aliphatic carbocycles. The standard InChI is InChI=1S/C34H44NO3P/c1-20-13-29-30(35(17-20)18-21-3-6-24(38-39)7-4-21)28-16-33-19-32(33)15-27-25(26(32)10-12-34(28,33)37-29)8-5-22-14-23(36)9-11-31(22,27)2/h3-4,6-7,14,20,25-30H,5,8-13,15-19,39H2,1-2H3/t20-,25?,26-,27-,28+,29+,30-,31?,32?,33?,34+/m0/s1. The van der Waals surface area contributed by atoms with Gasteiger partial charge in [-0.05, 0) is 116 Å². The lowest BCUT2D eigenvalue weighted by Gasteiger charge is -2.60. The summed E-state index contributed by atoms with van der Waals surface area (Å²) in [5.74, 6) is 5.26. The van der Waals surface area contributed by atoms with Crippen LogP contribution in [0.3, 0.4) is 0 Å². The number of hydrogen-bond acceptors (Lipinski definition) is 4. The molecule has 2 aliphatic heterocycles. The number of allylic oxidation sites excluding steroid dienone is 2. The van der Waals surface area contributed by atoms with Crippen molar-refractivity contribution in [1.29, 1.82) is 0 Å². The third-order valence-corrected chi connectivity index (χ3v) is 14.6. The molecule has 0 amide bonds. The monoisotopic (exact) mass is 545 g/mol. The third kappa shape index (κ3) is 2.86. The summed E-state index contributed by atoms with van der Waals surface area (Å²) in [6.45, 7) is 7.19. The first-order valence-electron chi connectivity index (χ1n) is 15.9. The minimum Gasteiger partial charge on any atom is -0.480 e. The van der Waals surface area contributed by atoms with Crippen molar-refractivity contribution in [2.75, 3.05) is 6.54 Å². The largest absolute Gasteiger partial charge is 0.480 e. The van der Waals surface area contributed by atoms with Gasteiger partial charge < -0.3 is 9.26 Å². The van der Waals surface area contributed by atoms with E-state index in [1.165, 1.54) is 69.0 Å². The highest BCUT2D eigenvalue weighted by Gasteiger charge is 2.91. The average molecular weight is 546 g/mol. The molecule has 0 bridgehead atoms. The minimum atomic E-state index is 0.147. The van der Waals surface area contributed by atoms with E-state index in [1.807, 2.05) is 0 Å². The van der Waals surface area contributed by atoms with Gasteiger partial charge in [-0.3, -0.25) is 9.69 Å². The molecule has 2 saturated heterocycles. The highest BCUT2D eigenvalue weighted by Crippen LogP contribution is 2.93. The fraction of sp³-hybridized carbons (Fsp3) is 0.735. The fourth-order valence-electron chi connectivity index (χ4n) is 12.9. The predicted molar refractivity (Wildman–Crippen MR) is 154 cm³/mol. The van der Waals surface area contributed by atoms with Gasteiger partial charge in [-0.15, -0.1) is 0 Å². The maximum atomic E-state index is 12.3. The molecule has 1 aromatic rings. The number of ether oxygens (including phenoxy) is 1. The molecular weight excluding hydrogens is 501 g/mol. The Morgan fingerprint density at radius 1 is 1.08 bits per heavy atom. The highest BCUT2D eigenvalue weighted by molar-refractivity contribution is 7.10. The van der Waals surface area contributed by atoms with Crippen LogP contribution in [-0.2, 0) is 16.1 Å². The number of likely N-dealkylation sites (tertiary alicyclic amines) is 1. The van der Waals surface area contributed by atoms with E-state index < -0.39 is 0 Å². The molecule has 2 heterocycles. The zero-order valence-electron chi connectivity index (χ0n) is 23.7. The highest BCUT2D eigenvalue weighted by atomic mass is 31.0. The molecule has 12 atom stereocenters. The molecule has 39 heavy (non-hydrogen) atoms. The Bertz CT molecular complexity index is 1280. The van der Waals surface area contributed by atoms with E-state index in [0.29, 0.717) is 40.6 Å². The molecule has 1 aromatic carbocycles. The number of ketones is 1. The van der Waals surface area contributed by atoms with E-state index in [1.54, 1.807) is 0 Å². The number of hydrogen-bond donors (Lipinski definition) is 0. The first-order chi connectivity index (χ1) is 18.8. The van der Waals surface area contributed by atoms with E-state index in [2.05, 4.69) is 58.6 Å². The van der Waals surface area contributed by atoms with Crippen molar-refractivity contribution in [3.05, 3.63) is 41.5 Å². The molecular formula is C34H44NO3P. The quantitative estimate of drug-likeness (QED) is 0.395. The molecule has 3 spiro atoms. The summed E-state index contributed by atoms with van der Waals surface area (Å²) in [6.07, 6.45) is 15.0. The van der Waals surface area contributed by atoms with Crippen molar-refractivity contribution in [2.45, 2.75) is 102 Å². The minimum absolute atomic E-state index is 0.147. The molecule has 208 valence electrons. The van der Waals surface area contributed by atoms with Crippen LogP contribution in [0.15, 0.2) is 35.9 Å². The molecule has 9 rings (SSSR count). The molecule has 0 N–H and O–H groups in total. The lowest BCUT2D eigenvalue weighted by molar-refractivity contribution is -0.211. The van der Waals surface area contributed by atoms with Gasteiger partial charge in [0.1, 0.15) is 5.75 Å². The van der Waals surface area contributed by atoms with Gasteiger partial charge in [0, 0.05) is 36.9 Å². The van der Waals surface area contributed by atoms with Crippen molar-refractivity contribution in [3.8, 4) is 5.75 Å². The molecule has 0 aromatic heterocycles. The zero-order valence-corrected chi connectivity index (χ0v) is 24.8. The second-order valence-corrected chi connectivity index (χ2v) is 15.7. The molecule has 5 saturated carbocycles. The Labute approximate surface area is 235 Å². The van der Waals surface area contributed by atoms with E-state index in [4.69, 9.17) is 9.26 Å². The van der Waals surface area contributed by atoms with Crippen LogP contribution < -0.4 is 4.52 Å². The number of rotatable bonds is 3. The molecule has 8 aliphatic rings. The summed E-state index contributed by atoms with van der Waals surface area (Å²) in [5.41, 5.74) is 4.31. The number of carbonyl (C=O) groups is 1. The summed E-state index contributed by atoms with van der Waals surface area (Å²) in [5, 5.41) is 0. The summed E-state index contributed by atoms with van der Waals surface area (Å²) in [7, 11) is 2.35. The van der Waals surface area contributed by atoms with Crippen LogP contribution >= 0.6 is 9.47 Å². The molecule has 7 fully saturated rings. The van der Waals surface area contributed by atoms with E-state index in [9.17, 15) is 4.79 Å². The van der Waals surface area contributed by atoms with Crippen LogP contribution in [-0.4, -0.2) is 35.0 Å².